The van der Waals surface area contributed by atoms with Crippen LogP contribution in [0.1, 0.15) is 11.1 Å². The van der Waals surface area contributed by atoms with Gasteiger partial charge in [0.1, 0.15) is 17.9 Å². The molecule has 0 bridgehead atoms. The Morgan fingerprint density at radius 1 is 1.07 bits per heavy atom. The van der Waals surface area contributed by atoms with Crippen LogP contribution in [0.15, 0.2) is 52.5 Å². The average molecular weight is 446 g/mol. The van der Waals surface area contributed by atoms with Gasteiger partial charge in [0, 0.05) is 22.2 Å². The van der Waals surface area contributed by atoms with E-state index in [4.69, 9.17) is 4.74 Å². The van der Waals surface area contributed by atoms with Gasteiger partial charge in [-0.15, -0.1) is 0 Å². The van der Waals surface area contributed by atoms with E-state index in [0.29, 0.717) is 21.3 Å². The molecule has 2 aromatic rings. The summed E-state index contributed by atoms with van der Waals surface area (Å²) >= 11 is 3.31. The van der Waals surface area contributed by atoms with Crippen molar-refractivity contribution in [3.63, 3.8) is 0 Å². The summed E-state index contributed by atoms with van der Waals surface area (Å²) in [6.07, 6.45) is 1.30. The zero-order chi connectivity index (χ0) is 20.3. The third kappa shape index (κ3) is 4.41. The van der Waals surface area contributed by atoms with E-state index in [-0.39, 0.29) is 17.9 Å². The summed E-state index contributed by atoms with van der Waals surface area (Å²) in [5.74, 6) is -1.29. The van der Waals surface area contributed by atoms with Crippen molar-refractivity contribution in [1.29, 1.82) is 0 Å². The Balaban J connectivity index is 1.87. The molecule has 1 aliphatic rings. The molecule has 142 valence electrons. The second-order valence-electron chi connectivity index (χ2n) is 5.69. The molecule has 28 heavy (non-hydrogen) atoms. The van der Waals surface area contributed by atoms with E-state index < -0.39 is 22.8 Å². The molecule has 1 heterocycles. The van der Waals surface area contributed by atoms with E-state index in [9.17, 15) is 24.5 Å². The number of carbonyl (C=O) groups excluding carboxylic acids is 3. The Labute approximate surface area is 166 Å². The molecule has 0 unspecified atom stereocenters. The number of imide groups is 2. The number of amides is 4. The molecule has 2 N–H and O–H groups in total. The number of nitrogens with one attached hydrogen (secondary N) is 2. The number of urea groups is 1. The van der Waals surface area contributed by atoms with Crippen molar-refractivity contribution in [3.05, 3.63) is 73.8 Å². The molecule has 0 radical (unpaired) electrons. The van der Waals surface area contributed by atoms with Crippen LogP contribution >= 0.6 is 15.9 Å². The second-order valence-corrected chi connectivity index (χ2v) is 6.61. The number of nitro benzene ring substituents is 1. The van der Waals surface area contributed by atoms with E-state index in [1.54, 1.807) is 30.3 Å². The number of benzene rings is 2. The summed E-state index contributed by atoms with van der Waals surface area (Å²) in [6, 6.07) is 10.1. The fourth-order valence-electron chi connectivity index (χ4n) is 2.45. The van der Waals surface area contributed by atoms with Gasteiger partial charge in [0.05, 0.1) is 4.92 Å². The summed E-state index contributed by atoms with van der Waals surface area (Å²) in [7, 11) is 0. The van der Waals surface area contributed by atoms with Crippen molar-refractivity contribution >= 4 is 45.5 Å². The maximum atomic E-state index is 11.9. The highest BCUT2D eigenvalue weighted by Crippen LogP contribution is 2.27. The molecule has 1 saturated heterocycles. The Morgan fingerprint density at radius 3 is 2.46 bits per heavy atom. The van der Waals surface area contributed by atoms with Crippen LogP contribution in [0, 0.1) is 10.1 Å². The molecule has 2 aromatic carbocycles. The maximum absolute atomic E-state index is 11.9. The standard InChI is InChI=1S/C18H12BrN3O6/c19-12-4-5-15(28-9-10-2-1-3-13(6-10)22(26)27)11(7-12)8-14-16(23)20-18(25)21-17(14)24/h1-8H,9H2,(H2,20,21,23,24,25). The van der Waals surface area contributed by atoms with Gasteiger partial charge in [-0.25, -0.2) is 4.79 Å². The molecule has 1 fully saturated rings. The summed E-state index contributed by atoms with van der Waals surface area (Å²) in [6.45, 7) is 0.0381. The van der Waals surface area contributed by atoms with Crippen LogP contribution in [-0.4, -0.2) is 22.8 Å². The number of hydrogen-bond donors (Lipinski definition) is 2. The Morgan fingerprint density at radius 2 is 1.79 bits per heavy atom. The zero-order valence-electron chi connectivity index (χ0n) is 14.1. The van der Waals surface area contributed by atoms with Crippen LogP contribution in [0.25, 0.3) is 6.08 Å². The van der Waals surface area contributed by atoms with Crippen LogP contribution in [0.5, 0.6) is 5.75 Å². The zero-order valence-corrected chi connectivity index (χ0v) is 15.7. The monoisotopic (exact) mass is 445 g/mol. The third-order valence-corrected chi connectivity index (χ3v) is 4.22. The predicted molar refractivity (Wildman–Crippen MR) is 101 cm³/mol. The number of carbonyl (C=O) groups is 3. The van der Waals surface area contributed by atoms with Gasteiger partial charge in [-0.1, -0.05) is 28.1 Å². The van der Waals surface area contributed by atoms with Gasteiger partial charge in [-0.3, -0.25) is 30.3 Å². The van der Waals surface area contributed by atoms with Crippen LogP contribution in [-0.2, 0) is 16.2 Å². The van der Waals surface area contributed by atoms with Gasteiger partial charge in [-0.05, 0) is 29.8 Å². The molecule has 10 heteroatoms. The normalized spacial score (nSPS) is 13.6. The number of ether oxygens (including phenoxy) is 1. The number of halogens is 1. The number of rotatable bonds is 5. The third-order valence-electron chi connectivity index (χ3n) is 3.73. The van der Waals surface area contributed by atoms with Crippen molar-refractivity contribution in [2.75, 3.05) is 0 Å². The van der Waals surface area contributed by atoms with E-state index in [2.05, 4.69) is 15.9 Å². The van der Waals surface area contributed by atoms with Crippen LogP contribution in [0.4, 0.5) is 10.5 Å². The van der Waals surface area contributed by atoms with Gasteiger partial charge in [-0.2, -0.15) is 0 Å². The van der Waals surface area contributed by atoms with Crippen molar-refractivity contribution < 1.29 is 24.0 Å². The Hall–Kier alpha value is -3.53. The smallest absolute Gasteiger partial charge is 0.328 e. The number of nitrogens with zero attached hydrogens (tertiary/aromatic N) is 1. The Bertz CT molecular complexity index is 1010. The van der Waals surface area contributed by atoms with Crippen LogP contribution < -0.4 is 15.4 Å². The first-order valence-corrected chi connectivity index (χ1v) is 8.67. The van der Waals surface area contributed by atoms with Crippen molar-refractivity contribution in [3.8, 4) is 5.75 Å². The SMILES string of the molecule is O=C1NC(=O)C(=Cc2cc(Br)ccc2OCc2cccc([N+](=O)[O-])c2)C(=O)N1. The molecule has 0 aromatic heterocycles. The lowest BCUT2D eigenvalue weighted by Gasteiger charge is -2.15. The number of hydrogen-bond acceptors (Lipinski definition) is 6. The molecule has 0 saturated carbocycles. The second kappa shape index (κ2) is 8.01. The van der Waals surface area contributed by atoms with Gasteiger partial charge in [0.15, 0.2) is 0 Å². The van der Waals surface area contributed by atoms with Crippen molar-refractivity contribution in [2.45, 2.75) is 6.61 Å². The fourth-order valence-corrected chi connectivity index (χ4v) is 2.83. The van der Waals surface area contributed by atoms with Gasteiger partial charge in [0.2, 0.25) is 0 Å². The van der Waals surface area contributed by atoms with E-state index in [0.717, 1.165) is 0 Å². The summed E-state index contributed by atoms with van der Waals surface area (Å²) < 4.78 is 6.40. The molecule has 3 rings (SSSR count). The lowest BCUT2D eigenvalue weighted by molar-refractivity contribution is -0.384. The first-order valence-electron chi connectivity index (χ1n) is 7.87. The lowest BCUT2D eigenvalue weighted by Crippen LogP contribution is -2.51. The van der Waals surface area contributed by atoms with E-state index in [1.807, 2.05) is 10.6 Å². The average Bonchev–Trinajstić information content (AvgIpc) is 2.64. The molecule has 0 spiro atoms. The fraction of sp³-hybridized carbons (Fsp3) is 0.0556. The topological polar surface area (TPSA) is 128 Å². The lowest BCUT2D eigenvalue weighted by atomic mass is 10.1. The largest absolute Gasteiger partial charge is 0.488 e. The molecule has 0 atom stereocenters. The minimum Gasteiger partial charge on any atom is -0.488 e. The number of barbiturate groups is 1. The number of nitro groups is 1. The first-order chi connectivity index (χ1) is 13.3. The highest BCUT2D eigenvalue weighted by molar-refractivity contribution is 9.10. The van der Waals surface area contributed by atoms with Crippen LogP contribution in [0.3, 0.4) is 0 Å². The molecule has 0 aliphatic carbocycles. The first kappa shape index (κ1) is 19.2. The van der Waals surface area contributed by atoms with Crippen molar-refractivity contribution in [2.24, 2.45) is 0 Å². The van der Waals surface area contributed by atoms with E-state index >= 15 is 0 Å². The summed E-state index contributed by atoms with van der Waals surface area (Å²) in [4.78, 5) is 45.4. The highest BCUT2D eigenvalue weighted by atomic mass is 79.9. The molecule has 4 amide bonds. The quantitative estimate of drug-likeness (QED) is 0.315. The summed E-state index contributed by atoms with van der Waals surface area (Å²) in [5.41, 5.74) is 0.682. The van der Waals surface area contributed by atoms with Gasteiger partial charge < -0.3 is 4.74 Å². The molecular weight excluding hydrogens is 434 g/mol. The highest BCUT2D eigenvalue weighted by Gasteiger charge is 2.28. The predicted octanol–water partition coefficient (Wildman–Crippen LogP) is 2.69. The van der Waals surface area contributed by atoms with Gasteiger partial charge >= 0.3 is 6.03 Å². The molecule has 9 nitrogen and oxygen atoms in total. The minimum absolute atomic E-state index is 0.0381. The number of non-ortho nitro benzene ring substituents is 1. The summed E-state index contributed by atoms with van der Waals surface area (Å²) in [5, 5.41) is 14.9. The van der Waals surface area contributed by atoms with Gasteiger partial charge in [0.25, 0.3) is 17.5 Å². The van der Waals surface area contributed by atoms with Crippen molar-refractivity contribution in [1.82, 2.24) is 10.6 Å². The molecule has 1 aliphatic heterocycles. The van der Waals surface area contributed by atoms with Crippen LogP contribution in [0.2, 0.25) is 0 Å². The minimum atomic E-state index is -0.886. The Kier molecular flexibility index (Phi) is 5.50. The molecular formula is C18H12BrN3O6. The maximum Gasteiger partial charge on any atom is 0.328 e. The van der Waals surface area contributed by atoms with E-state index in [1.165, 1.54) is 18.2 Å².